The van der Waals surface area contributed by atoms with Crippen LogP contribution in [-0.2, 0) is 21.0 Å². The van der Waals surface area contributed by atoms with Gasteiger partial charge in [0.25, 0.3) is 0 Å². The highest BCUT2D eigenvalue weighted by Crippen LogP contribution is 2.33. The molecule has 112 valence electrons. The first-order valence-corrected chi connectivity index (χ1v) is 7.14. The summed E-state index contributed by atoms with van der Waals surface area (Å²) in [7, 11) is -4.24. The maximum Gasteiger partial charge on any atom is 0.416 e. The number of primary sulfonamides is 1. The van der Waals surface area contributed by atoms with Crippen LogP contribution in [0, 0.1) is 0 Å². The van der Waals surface area contributed by atoms with Gasteiger partial charge in [-0.25, -0.2) is 13.6 Å². The fourth-order valence-electron chi connectivity index (χ4n) is 1.49. The van der Waals surface area contributed by atoms with Crippen molar-refractivity contribution in [2.75, 3.05) is 5.32 Å². The largest absolute Gasteiger partial charge is 0.416 e. The zero-order valence-corrected chi connectivity index (χ0v) is 11.3. The summed E-state index contributed by atoms with van der Waals surface area (Å²) in [6, 6.07) is 1.86. The zero-order valence-electron chi connectivity index (χ0n) is 10.5. The van der Waals surface area contributed by atoms with Crippen LogP contribution in [0.25, 0.3) is 0 Å². The van der Waals surface area contributed by atoms with Crippen molar-refractivity contribution in [3.63, 3.8) is 0 Å². The van der Waals surface area contributed by atoms with Gasteiger partial charge >= 0.3 is 6.18 Å². The number of sulfonamides is 1. The van der Waals surface area contributed by atoms with E-state index >= 15 is 0 Å². The number of nitrogens with two attached hydrogens (primary N) is 1. The number of rotatable bonds is 4. The van der Waals surface area contributed by atoms with Gasteiger partial charge in [0, 0.05) is 6.42 Å². The number of anilines is 1. The normalized spacial score (nSPS) is 12.2. The average molecular weight is 310 g/mol. The van der Waals surface area contributed by atoms with Gasteiger partial charge in [-0.2, -0.15) is 13.2 Å². The van der Waals surface area contributed by atoms with Crippen molar-refractivity contribution >= 4 is 21.6 Å². The number of halogens is 3. The number of alkyl halides is 3. The van der Waals surface area contributed by atoms with Crippen LogP contribution in [0.5, 0.6) is 0 Å². The minimum absolute atomic E-state index is 0.0559. The molecule has 3 N–H and O–H groups in total. The Bertz CT molecular complexity index is 612. The van der Waals surface area contributed by atoms with Gasteiger partial charge < -0.3 is 5.32 Å². The first-order chi connectivity index (χ1) is 9.05. The summed E-state index contributed by atoms with van der Waals surface area (Å²) in [6.07, 6.45) is -4.13. The molecule has 5 nitrogen and oxygen atoms in total. The molecule has 1 aromatic rings. The predicted octanol–water partition coefficient (Wildman–Crippen LogP) is 2.09. The fraction of sp³-hybridized carbons (Fsp3) is 0.364. The van der Waals surface area contributed by atoms with Gasteiger partial charge in [-0.05, 0) is 24.6 Å². The molecule has 20 heavy (non-hydrogen) atoms. The van der Waals surface area contributed by atoms with Crippen molar-refractivity contribution in [2.45, 2.75) is 30.8 Å². The van der Waals surface area contributed by atoms with Crippen LogP contribution in [0.3, 0.4) is 0 Å². The first-order valence-electron chi connectivity index (χ1n) is 5.59. The smallest absolute Gasteiger partial charge is 0.325 e. The lowest BCUT2D eigenvalue weighted by molar-refractivity contribution is -0.137. The number of hydrogen-bond acceptors (Lipinski definition) is 3. The molecule has 1 rings (SSSR count). The molecule has 0 aromatic heterocycles. The van der Waals surface area contributed by atoms with Crippen LogP contribution < -0.4 is 10.5 Å². The molecule has 1 amide bonds. The van der Waals surface area contributed by atoms with Crippen molar-refractivity contribution in [1.82, 2.24) is 0 Å². The Morgan fingerprint density at radius 1 is 1.35 bits per heavy atom. The standard InChI is InChI=1S/C11H13F3N2O3S/c1-2-3-10(17)16-8-6-7(11(12,13)14)4-5-9(8)20(15,18)19/h4-6H,2-3H2,1H3,(H,16,17)(H2,15,18,19). The molecule has 0 spiro atoms. The van der Waals surface area contributed by atoms with Gasteiger partial charge in [-0.1, -0.05) is 6.92 Å². The first kappa shape index (κ1) is 16.4. The van der Waals surface area contributed by atoms with Crippen molar-refractivity contribution in [2.24, 2.45) is 5.14 Å². The highest BCUT2D eigenvalue weighted by Gasteiger charge is 2.32. The van der Waals surface area contributed by atoms with Gasteiger partial charge in [0.05, 0.1) is 11.3 Å². The molecule has 0 saturated heterocycles. The highest BCUT2D eigenvalue weighted by molar-refractivity contribution is 7.89. The molecule has 0 unspecified atom stereocenters. The van der Waals surface area contributed by atoms with Gasteiger partial charge in [0.2, 0.25) is 15.9 Å². The van der Waals surface area contributed by atoms with Gasteiger partial charge in [-0.15, -0.1) is 0 Å². The van der Waals surface area contributed by atoms with E-state index in [1.807, 2.05) is 0 Å². The molecule has 0 aliphatic carbocycles. The maximum absolute atomic E-state index is 12.6. The van der Waals surface area contributed by atoms with Crippen molar-refractivity contribution in [3.05, 3.63) is 23.8 Å². The fourth-order valence-corrected chi connectivity index (χ4v) is 2.17. The lowest BCUT2D eigenvalue weighted by atomic mass is 10.2. The van der Waals surface area contributed by atoms with Crippen LogP contribution in [0.1, 0.15) is 25.3 Å². The minimum atomic E-state index is -4.65. The van der Waals surface area contributed by atoms with Crippen LogP contribution in [0.15, 0.2) is 23.1 Å². The van der Waals surface area contributed by atoms with E-state index in [1.165, 1.54) is 0 Å². The van der Waals surface area contributed by atoms with Crippen LogP contribution >= 0.6 is 0 Å². The van der Waals surface area contributed by atoms with Crippen LogP contribution in [0.2, 0.25) is 0 Å². The third-order valence-electron chi connectivity index (χ3n) is 2.36. The average Bonchev–Trinajstić information content (AvgIpc) is 2.26. The number of hydrogen-bond donors (Lipinski definition) is 2. The van der Waals surface area contributed by atoms with E-state index in [4.69, 9.17) is 5.14 Å². The van der Waals surface area contributed by atoms with E-state index in [0.717, 1.165) is 6.07 Å². The molecule has 0 heterocycles. The predicted molar refractivity (Wildman–Crippen MR) is 66.4 cm³/mol. The molecule has 0 radical (unpaired) electrons. The monoisotopic (exact) mass is 310 g/mol. The zero-order chi connectivity index (χ0) is 15.6. The van der Waals surface area contributed by atoms with E-state index in [1.54, 1.807) is 6.92 Å². The summed E-state index contributed by atoms with van der Waals surface area (Å²) in [6.45, 7) is 1.70. The van der Waals surface area contributed by atoms with Crippen LogP contribution in [-0.4, -0.2) is 14.3 Å². The second-order valence-corrected chi connectivity index (χ2v) is 5.58. The molecular weight excluding hydrogens is 297 g/mol. The summed E-state index contributed by atoms with van der Waals surface area (Å²) in [5, 5.41) is 7.04. The third kappa shape index (κ3) is 4.20. The number of carbonyl (C=O) groups is 1. The molecule has 0 atom stereocenters. The van der Waals surface area contributed by atoms with E-state index in [2.05, 4.69) is 5.32 Å². The van der Waals surface area contributed by atoms with Crippen molar-refractivity contribution in [1.29, 1.82) is 0 Å². The maximum atomic E-state index is 12.6. The Hall–Kier alpha value is -1.61. The summed E-state index contributed by atoms with van der Waals surface area (Å²) in [5.41, 5.74) is -1.54. The lowest BCUT2D eigenvalue weighted by Crippen LogP contribution is -2.19. The molecular formula is C11H13F3N2O3S. The van der Waals surface area contributed by atoms with E-state index in [9.17, 15) is 26.4 Å². The van der Waals surface area contributed by atoms with Crippen molar-refractivity contribution in [3.8, 4) is 0 Å². The van der Waals surface area contributed by atoms with Gasteiger partial charge in [0.15, 0.2) is 0 Å². The molecule has 1 aromatic carbocycles. The Morgan fingerprint density at radius 2 is 1.95 bits per heavy atom. The molecule has 0 aliphatic rings. The molecule has 9 heteroatoms. The topological polar surface area (TPSA) is 89.3 Å². The highest BCUT2D eigenvalue weighted by atomic mass is 32.2. The van der Waals surface area contributed by atoms with Gasteiger partial charge in [0.1, 0.15) is 4.90 Å². The molecule has 0 aliphatic heterocycles. The van der Waals surface area contributed by atoms with E-state index < -0.39 is 38.3 Å². The summed E-state index contributed by atoms with van der Waals surface area (Å²) >= 11 is 0. The quantitative estimate of drug-likeness (QED) is 0.892. The number of carbonyl (C=O) groups excluding carboxylic acids is 1. The van der Waals surface area contributed by atoms with Crippen molar-refractivity contribution < 1.29 is 26.4 Å². The lowest BCUT2D eigenvalue weighted by Gasteiger charge is -2.13. The second kappa shape index (κ2) is 5.80. The molecule has 0 saturated carbocycles. The summed E-state index contributed by atoms with van der Waals surface area (Å²) in [4.78, 5) is 10.9. The third-order valence-corrected chi connectivity index (χ3v) is 3.33. The molecule has 0 fully saturated rings. The Labute approximate surface area is 114 Å². The Morgan fingerprint density at radius 3 is 2.40 bits per heavy atom. The SMILES string of the molecule is CCCC(=O)Nc1cc(C(F)(F)F)ccc1S(N)(=O)=O. The number of benzene rings is 1. The second-order valence-electron chi connectivity index (χ2n) is 4.05. The Kier molecular flexibility index (Phi) is 4.77. The number of amides is 1. The summed E-state index contributed by atoms with van der Waals surface area (Å²) in [5.74, 6) is -0.586. The van der Waals surface area contributed by atoms with Gasteiger partial charge in [-0.3, -0.25) is 4.79 Å². The Balaban J connectivity index is 3.31. The minimum Gasteiger partial charge on any atom is -0.325 e. The van der Waals surface area contributed by atoms with E-state index in [-0.39, 0.29) is 6.42 Å². The molecule has 0 bridgehead atoms. The summed E-state index contributed by atoms with van der Waals surface area (Å²) < 4.78 is 60.4. The van der Waals surface area contributed by atoms with Crippen LogP contribution in [0.4, 0.5) is 18.9 Å². The van der Waals surface area contributed by atoms with E-state index in [0.29, 0.717) is 18.6 Å². The number of nitrogens with one attached hydrogen (secondary N) is 1.